The summed E-state index contributed by atoms with van der Waals surface area (Å²) in [6.07, 6.45) is 4.45. The van der Waals surface area contributed by atoms with Crippen molar-refractivity contribution in [1.82, 2.24) is 4.90 Å². The van der Waals surface area contributed by atoms with E-state index in [4.69, 9.17) is 11.6 Å². The number of rotatable bonds is 5. The lowest BCUT2D eigenvalue weighted by atomic mass is 10.1. The van der Waals surface area contributed by atoms with Gasteiger partial charge in [0, 0.05) is 36.6 Å². The maximum Gasteiger partial charge on any atom is 0.253 e. The van der Waals surface area contributed by atoms with Gasteiger partial charge in [0.05, 0.1) is 0 Å². The monoisotopic (exact) mass is 308 g/mol. The Kier molecular flexibility index (Phi) is 6.05. The summed E-state index contributed by atoms with van der Waals surface area (Å²) in [4.78, 5) is 25.8. The second-order valence-electron chi connectivity index (χ2n) is 5.27. The van der Waals surface area contributed by atoms with E-state index in [2.05, 4.69) is 5.32 Å². The van der Waals surface area contributed by atoms with Gasteiger partial charge in [-0.1, -0.05) is 0 Å². The first-order chi connectivity index (χ1) is 10.2. The van der Waals surface area contributed by atoms with Gasteiger partial charge < -0.3 is 10.2 Å². The number of hydrogen-bond donors (Lipinski definition) is 1. The third-order valence-corrected chi connectivity index (χ3v) is 3.86. The number of alkyl halides is 1. The van der Waals surface area contributed by atoms with Crippen molar-refractivity contribution in [2.45, 2.75) is 32.1 Å². The van der Waals surface area contributed by atoms with Gasteiger partial charge in [-0.2, -0.15) is 0 Å². The van der Waals surface area contributed by atoms with Crippen molar-refractivity contribution in [1.29, 1.82) is 0 Å². The van der Waals surface area contributed by atoms with Crippen molar-refractivity contribution in [2.75, 3.05) is 24.3 Å². The Hall–Kier alpha value is -1.55. The van der Waals surface area contributed by atoms with Crippen LogP contribution in [0, 0.1) is 0 Å². The number of hydrogen-bond acceptors (Lipinski definition) is 2. The zero-order valence-corrected chi connectivity index (χ0v) is 12.9. The lowest BCUT2D eigenvalue weighted by molar-refractivity contribution is -0.116. The highest BCUT2D eigenvalue weighted by Gasteiger charge is 2.17. The molecule has 1 fully saturated rings. The normalized spacial score (nSPS) is 14.8. The van der Waals surface area contributed by atoms with Crippen molar-refractivity contribution >= 4 is 29.1 Å². The average Bonchev–Trinajstić information content (AvgIpc) is 2.54. The molecule has 2 amide bonds. The molecule has 0 unspecified atom stereocenters. The van der Waals surface area contributed by atoms with Crippen LogP contribution in [0.5, 0.6) is 0 Å². The molecule has 1 N–H and O–H groups in total. The Morgan fingerprint density at radius 2 is 1.76 bits per heavy atom. The van der Waals surface area contributed by atoms with E-state index in [0.717, 1.165) is 25.9 Å². The Balaban J connectivity index is 1.91. The van der Waals surface area contributed by atoms with Gasteiger partial charge in [0.15, 0.2) is 0 Å². The number of likely N-dealkylation sites (tertiary alicyclic amines) is 1. The first-order valence-electron chi connectivity index (χ1n) is 7.46. The Bertz CT molecular complexity index is 482. The Morgan fingerprint density at radius 1 is 1.10 bits per heavy atom. The fraction of sp³-hybridized carbons (Fsp3) is 0.500. The average molecular weight is 309 g/mol. The summed E-state index contributed by atoms with van der Waals surface area (Å²) in [5.74, 6) is 0.511. The van der Waals surface area contributed by atoms with Crippen molar-refractivity contribution < 1.29 is 9.59 Å². The summed E-state index contributed by atoms with van der Waals surface area (Å²) in [5.41, 5.74) is 1.39. The highest BCUT2D eigenvalue weighted by Crippen LogP contribution is 2.15. The topological polar surface area (TPSA) is 49.4 Å². The van der Waals surface area contributed by atoms with Crippen LogP contribution >= 0.6 is 11.6 Å². The first kappa shape index (κ1) is 15.8. The van der Waals surface area contributed by atoms with E-state index >= 15 is 0 Å². The molecule has 1 aliphatic heterocycles. The predicted molar refractivity (Wildman–Crippen MR) is 84.8 cm³/mol. The highest BCUT2D eigenvalue weighted by molar-refractivity contribution is 6.18. The fourth-order valence-corrected chi connectivity index (χ4v) is 2.56. The molecule has 21 heavy (non-hydrogen) atoms. The summed E-state index contributed by atoms with van der Waals surface area (Å²) >= 11 is 5.56. The standard InChI is InChI=1S/C16H21ClN2O2/c17-10-4-5-15(20)18-14-8-6-13(7-9-14)16(21)19-11-2-1-3-12-19/h6-9H,1-5,10-12H2,(H,18,20). The molecule has 1 saturated heterocycles. The number of anilines is 1. The molecule has 1 aliphatic rings. The van der Waals surface area contributed by atoms with Crippen molar-refractivity contribution in [3.8, 4) is 0 Å². The van der Waals surface area contributed by atoms with Gasteiger partial charge in [-0.3, -0.25) is 9.59 Å². The molecule has 0 saturated carbocycles. The van der Waals surface area contributed by atoms with Crippen LogP contribution in [0.25, 0.3) is 0 Å². The van der Waals surface area contributed by atoms with Gasteiger partial charge in [-0.15, -0.1) is 11.6 Å². The molecule has 0 bridgehead atoms. The molecule has 1 aromatic carbocycles. The van der Waals surface area contributed by atoms with Gasteiger partial charge in [-0.05, 0) is 49.9 Å². The number of nitrogens with zero attached hydrogens (tertiary/aromatic N) is 1. The molecule has 114 valence electrons. The minimum atomic E-state index is -0.0502. The molecule has 0 aliphatic carbocycles. The number of nitrogens with one attached hydrogen (secondary N) is 1. The molecular formula is C16H21ClN2O2. The van der Waals surface area contributed by atoms with Gasteiger partial charge in [0.25, 0.3) is 5.91 Å². The number of amides is 2. The smallest absolute Gasteiger partial charge is 0.253 e. The zero-order valence-electron chi connectivity index (χ0n) is 12.1. The van der Waals surface area contributed by atoms with Crippen molar-refractivity contribution in [3.05, 3.63) is 29.8 Å². The Labute approximate surface area is 130 Å². The van der Waals surface area contributed by atoms with Crippen molar-refractivity contribution in [2.24, 2.45) is 0 Å². The van der Waals surface area contributed by atoms with Crippen LogP contribution in [-0.2, 0) is 4.79 Å². The summed E-state index contributed by atoms with van der Waals surface area (Å²) in [5, 5.41) is 2.80. The lowest BCUT2D eigenvalue weighted by Crippen LogP contribution is -2.35. The van der Waals surface area contributed by atoms with Crippen LogP contribution in [-0.4, -0.2) is 35.7 Å². The molecule has 4 nitrogen and oxygen atoms in total. The third-order valence-electron chi connectivity index (χ3n) is 3.60. The molecular weight excluding hydrogens is 288 g/mol. The van der Waals surface area contributed by atoms with Crippen LogP contribution in [0.15, 0.2) is 24.3 Å². The molecule has 0 spiro atoms. The summed E-state index contributed by atoms with van der Waals surface area (Å²) in [6, 6.07) is 7.09. The van der Waals surface area contributed by atoms with Gasteiger partial charge in [0.2, 0.25) is 5.91 Å². The van der Waals surface area contributed by atoms with E-state index in [0.29, 0.717) is 30.0 Å². The van der Waals surface area contributed by atoms with Crippen LogP contribution < -0.4 is 5.32 Å². The first-order valence-corrected chi connectivity index (χ1v) is 7.99. The van der Waals surface area contributed by atoms with Gasteiger partial charge >= 0.3 is 0 Å². The lowest BCUT2D eigenvalue weighted by Gasteiger charge is -2.26. The number of halogens is 1. The molecule has 1 heterocycles. The quantitative estimate of drug-likeness (QED) is 0.849. The van der Waals surface area contributed by atoms with E-state index in [1.54, 1.807) is 24.3 Å². The predicted octanol–water partition coefficient (Wildman–Crippen LogP) is 3.27. The third kappa shape index (κ3) is 4.74. The highest BCUT2D eigenvalue weighted by atomic mass is 35.5. The minimum absolute atomic E-state index is 0.0502. The van der Waals surface area contributed by atoms with E-state index in [1.807, 2.05) is 4.90 Å². The molecule has 2 rings (SSSR count). The maximum absolute atomic E-state index is 12.3. The molecule has 5 heteroatoms. The number of carbonyl (C=O) groups is 2. The summed E-state index contributed by atoms with van der Waals surface area (Å²) in [6.45, 7) is 1.69. The number of benzene rings is 1. The van der Waals surface area contributed by atoms with Gasteiger partial charge in [-0.25, -0.2) is 0 Å². The minimum Gasteiger partial charge on any atom is -0.339 e. The van der Waals surface area contributed by atoms with Crippen LogP contribution in [0.2, 0.25) is 0 Å². The molecule has 0 aromatic heterocycles. The van der Waals surface area contributed by atoms with E-state index < -0.39 is 0 Å². The van der Waals surface area contributed by atoms with Crippen LogP contribution in [0.1, 0.15) is 42.5 Å². The summed E-state index contributed by atoms with van der Waals surface area (Å²) in [7, 11) is 0. The molecule has 1 aromatic rings. The largest absolute Gasteiger partial charge is 0.339 e. The Morgan fingerprint density at radius 3 is 2.38 bits per heavy atom. The van der Waals surface area contributed by atoms with E-state index in [1.165, 1.54) is 6.42 Å². The van der Waals surface area contributed by atoms with Crippen LogP contribution in [0.3, 0.4) is 0 Å². The zero-order chi connectivity index (χ0) is 15.1. The fourth-order valence-electron chi connectivity index (χ4n) is 2.43. The second kappa shape index (κ2) is 8.03. The SMILES string of the molecule is O=C(CCCCl)Nc1ccc(C(=O)N2CCCCC2)cc1. The van der Waals surface area contributed by atoms with E-state index in [9.17, 15) is 9.59 Å². The maximum atomic E-state index is 12.3. The van der Waals surface area contributed by atoms with E-state index in [-0.39, 0.29) is 11.8 Å². The second-order valence-corrected chi connectivity index (χ2v) is 5.65. The molecule has 0 radical (unpaired) electrons. The molecule has 0 atom stereocenters. The van der Waals surface area contributed by atoms with Crippen molar-refractivity contribution in [3.63, 3.8) is 0 Å². The van der Waals surface area contributed by atoms with Gasteiger partial charge in [0.1, 0.15) is 0 Å². The number of carbonyl (C=O) groups excluding carboxylic acids is 2. The number of piperidine rings is 1. The summed E-state index contributed by atoms with van der Waals surface area (Å²) < 4.78 is 0. The van der Waals surface area contributed by atoms with Crippen LogP contribution in [0.4, 0.5) is 5.69 Å².